The van der Waals surface area contributed by atoms with Crippen LogP contribution in [0.15, 0.2) is 18.2 Å². The van der Waals surface area contributed by atoms with Crippen LogP contribution in [0.4, 0.5) is 11.4 Å². The van der Waals surface area contributed by atoms with Crippen LogP contribution in [0.25, 0.3) is 0 Å². The van der Waals surface area contributed by atoms with Gasteiger partial charge in [0.05, 0.1) is 29.1 Å². The minimum atomic E-state index is 0.255. The van der Waals surface area contributed by atoms with Crippen molar-refractivity contribution in [3.8, 4) is 12.1 Å². The van der Waals surface area contributed by atoms with Crippen LogP contribution in [0, 0.1) is 22.7 Å². The average Bonchev–Trinajstić information content (AvgIpc) is 2.55. The standard InChI is InChI=1S/C10H9N5/c1-14-13-9-3-2-8(7-12)6-10(9)15(14)5-4-11/h2-3,6,13H,5H2,1H3. The molecule has 1 heterocycles. The van der Waals surface area contributed by atoms with E-state index in [1.165, 1.54) is 0 Å². The lowest BCUT2D eigenvalue weighted by Crippen LogP contribution is -2.38. The van der Waals surface area contributed by atoms with Crippen LogP contribution in [0.3, 0.4) is 0 Å². The van der Waals surface area contributed by atoms with Gasteiger partial charge in [-0.2, -0.15) is 10.5 Å². The van der Waals surface area contributed by atoms with Crippen molar-refractivity contribution in [2.75, 3.05) is 24.0 Å². The molecule has 0 aromatic heterocycles. The minimum Gasteiger partial charge on any atom is -0.299 e. The number of hydrogen-bond donors (Lipinski definition) is 1. The van der Waals surface area contributed by atoms with Crippen LogP contribution in [-0.2, 0) is 0 Å². The first kappa shape index (κ1) is 9.32. The van der Waals surface area contributed by atoms with Crippen molar-refractivity contribution in [1.29, 1.82) is 10.5 Å². The van der Waals surface area contributed by atoms with E-state index >= 15 is 0 Å². The van der Waals surface area contributed by atoms with E-state index in [1.807, 2.05) is 13.1 Å². The van der Waals surface area contributed by atoms with Crippen LogP contribution in [0.1, 0.15) is 5.56 Å². The molecule has 5 nitrogen and oxygen atoms in total. The van der Waals surface area contributed by atoms with Gasteiger partial charge in [-0.05, 0) is 18.2 Å². The van der Waals surface area contributed by atoms with Gasteiger partial charge in [0.2, 0.25) is 0 Å². The Balaban J connectivity index is 2.43. The van der Waals surface area contributed by atoms with E-state index in [0.29, 0.717) is 5.56 Å². The summed E-state index contributed by atoms with van der Waals surface area (Å²) in [6, 6.07) is 9.51. The fourth-order valence-corrected chi connectivity index (χ4v) is 1.56. The average molecular weight is 199 g/mol. The Kier molecular flexibility index (Phi) is 2.17. The van der Waals surface area contributed by atoms with Gasteiger partial charge in [-0.1, -0.05) is 0 Å². The van der Waals surface area contributed by atoms with Gasteiger partial charge in [-0.3, -0.25) is 10.4 Å². The molecule has 0 saturated heterocycles. The van der Waals surface area contributed by atoms with Crippen molar-refractivity contribution in [2.45, 2.75) is 0 Å². The smallest absolute Gasteiger partial charge is 0.123 e. The van der Waals surface area contributed by atoms with Gasteiger partial charge in [0, 0.05) is 7.05 Å². The van der Waals surface area contributed by atoms with Crippen molar-refractivity contribution < 1.29 is 0 Å². The lowest BCUT2D eigenvalue weighted by atomic mass is 10.2. The molecule has 0 fully saturated rings. The highest BCUT2D eigenvalue weighted by Gasteiger charge is 2.23. The fraction of sp³-hybridized carbons (Fsp3) is 0.200. The maximum Gasteiger partial charge on any atom is 0.123 e. The minimum absolute atomic E-state index is 0.255. The largest absolute Gasteiger partial charge is 0.299 e. The number of hydrazine groups is 2. The molecule has 5 heteroatoms. The normalized spacial score (nSPS) is 13.9. The van der Waals surface area contributed by atoms with Crippen molar-refractivity contribution >= 4 is 11.4 Å². The summed E-state index contributed by atoms with van der Waals surface area (Å²) in [6.45, 7) is 0.255. The van der Waals surface area contributed by atoms with Gasteiger partial charge in [-0.25, -0.2) is 0 Å². The Labute approximate surface area is 87.7 Å². The zero-order valence-electron chi connectivity index (χ0n) is 8.23. The maximum atomic E-state index is 8.78. The van der Waals surface area contributed by atoms with Crippen LogP contribution in [0.5, 0.6) is 0 Å². The Bertz CT molecular complexity index is 468. The van der Waals surface area contributed by atoms with Crippen molar-refractivity contribution in [3.05, 3.63) is 23.8 Å². The number of anilines is 2. The SMILES string of the molecule is CN1Nc2ccc(C#N)cc2N1CC#N. The summed E-state index contributed by atoms with van der Waals surface area (Å²) in [4.78, 5) is 0. The second-order valence-corrected chi connectivity index (χ2v) is 3.19. The molecule has 1 aliphatic heterocycles. The first-order chi connectivity index (χ1) is 7.26. The number of nitrogens with zero attached hydrogens (tertiary/aromatic N) is 4. The molecule has 0 atom stereocenters. The molecule has 1 N–H and O–H groups in total. The van der Waals surface area contributed by atoms with E-state index in [1.54, 1.807) is 22.3 Å². The second kappa shape index (κ2) is 3.49. The Hall–Kier alpha value is -2.24. The molecular formula is C10H9N5. The lowest BCUT2D eigenvalue weighted by Gasteiger charge is -2.22. The number of hydrogen-bond acceptors (Lipinski definition) is 5. The number of benzene rings is 1. The highest BCUT2D eigenvalue weighted by molar-refractivity contribution is 5.74. The van der Waals surface area contributed by atoms with Gasteiger partial charge in [0.25, 0.3) is 0 Å². The lowest BCUT2D eigenvalue weighted by molar-refractivity contribution is 0.400. The second-order valence-electron chi connectivity index (χ2n) is 3.19. The van der Waals surface area contributed by atoms with Crippen molar-refractivity contribution in [3.63, 3.8) is 0 Å². The molecule has 1 aromatic rings. The van der Waals surface area contributed by atoms with Crippen LogP contribution >= 0.6 is 0 Å². The number of nitriles is 2. The Morgan fingerprint density at radius 1 is 1.40 bits per heavy atom. The van der Waals surface area contributed by atoms with E-state index in [2.05, 4.69) is 17.6 Å². The molecule has 1 aliphatic rings. The Morgan fingerprint density at radius 2 is 2.20 bits per heavy atom. The zero-order valence-corrected chi connectivity index (χ0v) is 8.23. The van der Waals surface area contributed by atoms with Crippen LogP contribution in [-0.4, -0.2) is 18.7 Å². The van der Waals surface area contributed by atoms with Crippen molar-refractivity contribution in [1.82, 2.24) is 5.12 Å². The molecule has 74 valence electrons. The zero-order chi connectivity index (χ0) is 10.8. The van der Waals surface area contributed by atoms with E-state index in [4.69, 9.17) is 10.5 Å². The summed E-state index contributed by atoms with van der Waals surface area (Å²) in [6.07, 6.45) is 0. The summed E-state index contributed by atoms with van der Waals surface area (Å²) in [5.74, 6) is 0. The number of rotatable bonds is 1. The first-order valence-corrected chi connectivity index (χ1v) is 4.45. The third-order valence-corrected chi connectivity index (χ3v) is 2.27. The third kappa shape index (κ3) is 1.45. The molecule has 0 spiro atoms. The number of nitrogens with one attached hydrogen (secondary N) is 1. The summed E-state index contributed by atoms with van der Waals surface area (Å²) >= 11 is 0. The van der Waals surface area contributed by atoms with Gasteiger partial charge in [-0.15, -0.1) is 5.12 Å². The molecule has 0 aliphatic carbocycles. The summed E-state index contributed by atoms with van der Waals surface area (Å²) in [7, 11) is 1.82. The predicted molar refractivity (Wildman–Crippen MR) is 55.5 cm³/mol. The third-order valence-electron chi connectivity index (χ3n) is 2.27. The van der Waals surface area contributed by atoms with Gasteiger partial charge in [0.1, 0.15) is 6.54 Å². The Morgan fingerprint density at radius 3 is 2.87 bits per heavy atom. The van der Waals surface area contributed by atoms with Gasteiger partial charge >= 0.3 is 0 Å². The predicted octanol–water partition coefficient (Wildman–Crippen LogP) is 1.08. The van der Waals surface area contributed by atoms with E-state index in [-0.39, 0.29) is 6.54 Å². The molecule has 0 bridgehead atoms. The topological polar surface area (TPSA) is 66.1 Å². The van der Waals surface area contributed by atoms with Crippen LogP contribution in [0.2, 0.25) is 0 Å². The highest BCUT2D eigenvalue weighted by Crippen LogP contribution is 2.33. The molecular weight excluding hydrogens is 190 g/mol. The monoisotopic (exact) mass is 199 g/mol. The van der Waals surface area contributed by atoms with E-state index in [9.17, 15) is 0 Å². The van der Waals surface area contributed by atoms with Crippen molar-refractivity contribution in [2.24, 2.45) is 0 Å². The molecule has 0 unspecified atom stereocenters. The number of fused-ring (bicyclic) bond motifs is 1. The summed E-state index contributed by atoms with van der Waals surface area (Å²) in [5, 5.41) is 21.0. The summed E-state index contributed by atoms with van der Waals surface area (Å²) < 4.78 is 0. The maximum absolute atomic E-state index is 8.78. The van der Waals surface area contributed by atoms with Gasteiger partial charge in [0.15, 0.2) is 0 Å². The molecule has 15 heavy (non-hydrogen) atoms. The first-order valence-electron chi connectivity index (χ1n) is 4.45. The molecule has 0 saturated carbocycles. The highest BCUT2D eigenvalue weighted by atomic mass is 15.8. The molecule has 1 aromatic carbocycles. The fourth-order valence-electron chi connectivity index (χ4n) is 1.56. The quantitative estimate of drug-likeness (QED) is 0.685. The van der Waals surface area contributed by atoms with E-state index < -0.39 is 0 Å². The van der Waals surface area contributed by atoms with Gasteiger partial charge < -0.3 is 0 Å². The molecule has 2 rings (SSSR count). The molecule has 0 radical (unpaired) electrons. The van der Waals surface area contributed by atoms with E-state index in [0.717, 1.165) is 11.4 Å². The summed E-state index contributed by atoms with van der Waals surface area (Å²) in [5.41, 5.74) is 5.44. The molecule has 0 amide bonds. The van der Waals surface area contributed by atoms with Crippen LogP contribution < -0.4 is 10.4 Å².